The highest BCUT2D eigenvalue weighted by Crippen LogP contribution is 2.38. The van der Waals surface area contributed by atoms with E-state index in [1.807, 2.05) is 0 Å². The summed E-state index contributed by atoms with van der Waals surface area (Å²) in [4.78, 5) is 0. The first kappa shape index (κ1) is 121. The van der Waals surface area contributed by atoms with E-state index in [9.17, 15) is 0 Å². The Bertz CT molecular complexity index is 3050. The Morgan fingerprint density at radius 2 is 0.282 bits per heavy atom. The molecule has 0 aliphatic rings. The molecule has 0 aromatic heterocycles. The van der Waals surface area contributed by atoms with E-state index >= 15 is 0 Å². The standard InChI is InChI=1S/C62H178O28Si27/c1-57-63-62-64-60-58-59-61-92(5,6)66-94(9,10)68-96(13,14)70-98(17,18)72-100(21,22)74-102(25,26)76-104(29,30)78-106(33,34)80-108(37,38)82-110(41,42)84-112(45,46)86-114(49,50)88-116(53,54)90-117(55,56)89-115(51,52)87-113(47,48)85-111(43,44)83-109(39,40)81-107(35,36)79-105(31,32)77-103(27,28)75-101(23,24)73-99(19,20)71-97(15,16)69-95(11,12)67-93(7,8)65-91(2,3)4/h57H,1,58-62H2,2-56H3. The Balaban J connectivity index is 5.90. The van der Waals surface area contributed by atoms with Crippen LogP contribution in [0.1, 0.15) is 12.8 Å². The molecule has 0 radical (unpaired) electrons. The van der Waals surface area contributed by atoms with Crippen molar-refractivity contribution in [2.75, 3.05) is 13.4 Å². The summed E-state index contributed by atoms with van der Waals surface area (Å²) in [7, 11) is -74.7. The summed E-state index contributed by atoms with van der Waals surface area (Å²) in [6, 6.07) is 1.00. The summed E-state index contributed by atoms with van der Waals surface area (Å²) in [6.07, 6.45) is 3.33. The van der Waals surface area contributed by atoms with Crippen LogP contribution in [0.3, 0.4) is 0 Å². The molecule has 0 atom stereocenters. The normalized spacial score (nSPS) is 15.9. The molecule has 0 amide bonds. The molecule has 0 aromatic rings. The van der Waals surface area contributed by atoms with Crippen molar-refractivity contribution in [1.29, 1.82) is 0 Å². The minimum Gasteiger partial charge on any atom is -0.476 e. The lowest BCUT2D eigenvalue weighted by molar-refractivity contribution is -0.0119. The van der Waals surface area contributed by atoms with E-state index in [4.69, 9.17) is 116 Å². The van der Waals surface area contributed by atoms with E-state index < -0.39 is 231 Å². The van der Waals surface area contributed by atoms with Crippen molar-refractivity contribution in [3.05, 3.63) is 12.8 Å². The molecular weight excluding hydrogens is 1950 g/mol. The van der Waals surface area contributed by atoms with Crippen molar-refractivity contribution in [1.82, 2.24) is 0 Å². The summed E-state index contributed by atoms with van der Waals surface area (Å²) >= 11 is 0. The SMILES string of the molecule is C=COCOCCCC[Si](C)(C)O[Si](C)(C)O[Si](C)(C)O[Si](C)(C)O[Si](C)(C)O[Si](C)(C)O[Si](C)(C)O[Si](C)(C)O[Si](C)(C)O[Si](C)(C)O[Si](C)(C)O[Si](C)(C)O[Si](C)(C)O[Si](C)(C)O[Si](C)(C)O[Si](C)(C)O[Si](C)(C)O[Si](C)(C)O[Si](C)(C)O[Si](C)(C)O[Si](C)(C)O[Si](C)(C)O[Si](C)(C)O[Si](C)(C)O[Si](C)(C)O[Si](C)(C)O[Si](C)(C)C. The van der Waals surface area contributed by atoms with Crippen LogP contribution in [-0.2, 0) is 116 Å². The van der Waals surface area contributed by atoms with Gasteiger partial charge in [0.2, 0.25) is 0 Å². The lowest BCUT2D eigenvalue weighted by Crippen LogP contribution is -2.63. The average molecular weight is 2130 g/mol. The van der Waals surface area contributed by atoms with Crippen LogP contribution in [0.2, 0.25) is 366 Å². The van der Waals surface area contributed by atoms with Gasteiger partial charge >= 0.3 is 214 Å². The number of ether oxygens (including phenoxy) is 2. The number of hydrogen-bond acceptors (Lipinski definition) is 28. The molecule has 0 N–H and O–H groups in total. The maximum absolute atomic E-state index is 7.02. The summed E-state index contributed by atoms with van der Waals surface area (Å²) in [6.45, 7) is 119. The molecule has 0 aliphatic carbocycles. The number of hydrogen-bond donors (Lipinski definition) is 0. The molecule has 0 aromatic carbocycles. The zero-order valence-electron chi connectivity index (χ0n) is 84.8. The van der Waals surface area contributed by atoms with E-state index in [1.54, 1.807) is 0 Å². The van der Waals surface area contributed by atoms with Crippen molar-refractivity contribution >= 4 is 231 Å². The molecule has 702 valence electrons. The quantitative estimate of drug-likeness (QED) is 0.0237. The van der Waals surface area contributed by atoms with Crippen LogP contribution in [0.15, 0.2) is 12.8 Å². The van der Waals surface area contributed by atoms with Gasteiger partial charge in [0.05, 0.1) is 12.9 Å². The van der Waals surface area contributed by atoms with Crippen LogP contribution < -0.4 is 0 Å². The first-order chi connectivity index (χ1) is 50.4. The Hall–Kier alpha value is 4.32. The Kier molecular flexibility index (Phi) is 44.3. The van der Waals surface area contributed by atoms with Gasteiger partial charge in [-0.2, -0.15) is 0 Å². The average Bonchev–Trinajstić information content (AvgIpc) is 0.803. The van der Waals surface area contributed by atoms with Crippen molar-refractivity contribution in [2.45, 2.75) is 379 Å². The molecule has 0 fully saturated rings. The highest BCUT2D eigenvalue weighted by atomic mass is 28.6. The maximum atomic E-state index is 7.02. The Morgan fingerprint density at radius 3 is 0.402 bits per heavy atom. The molecule has 0 heterocycles. The van der Waals surface area contributed by atoms with Gasteiger partial charge in [0.25, 0.3) is 0 Å². The van der Waals surface area contributed by atoms with Gasteiger partial charge in [-0.3, -0.25) is 0 Å². The summed E-state index contributed by atoms with van der Waals surface area (Å²) < 4.78 is 191. The highest BCUT2D eigenvalue weighted by molar-refractivity contribution is 6.98. The van der Waals surface area contributed by atoms with E-state index in [0.29, 0.717) is 6.61 Å². The van der Waals surface area contributed by atoms with Crippen LogP contribution in [0.4, 0.5) is 0 Å². The molecule has 0 spiro atoms. The van der Waals surface area contributed by atoms with Gasteiger partial charge < -0.3 is 116 Å². The van der Waals surface area contributed by atoms with Crippen molar-refractivity contribution < 1.29 is 116 Å². The van der Waals surface area contributed by atoms with E-state index in [2.05, 4.69) is 367 Å². The van der Waals surface area contributed by atoms with Crippen molar-refractivity contribution in [2.24, 2.45) is 0 Å². The summed E-state index contributed by atoms with van der Waals surface area (Å²) in [5, 5.41) is 0. The second kappa shape index (κ2) is 42.7. The third-order valence-electron chi connectivity index (χ3n) is 14.5. The molecule has 0 saturated heterocycles. The minimum absolute atomic E-state index is 0.223. The number of rotatable bonds is 60. The van der Waals surface area contributed by atoms with Crippen molar-refractivity contribution in [3.63, 3.8) is 0 Å². The first-order valence-corrected chi connectivity index (χ1v) is 118. The first-order valence-electron chi connectivity index (χ1n) is 41.5. The fraction of sp³-hybridized carbons (Fsp3) is 0.968. The van der Waals surface area contributed by atoms with Gasteiger partial charge in [0, 0.05) is 0 Å². The molecule has 0 saturated carbocycles. The topological polar surface area (TPSA) is 258 Å². The van der Waals surface area contributed by atoms with Gasteiger partial charge in [-0.25, -0.2) is 0 Å². The molecule has 0 bridgehead atoms. The molecule has 117 heavy (non-hydrogen) atoms. The highest BCUT2D eigenvalue weighted by Gasteiger charge is 2.57. The van der Waals surface area contributed by atoms with E-state index in [1.165, 1.54) is 6.26 Å². The fourth-order valence-electron chi connectivity index (χ4n) is 17.1. The smallest absolute Gasteiger partial charge is 0.314 e. The second-order valence-electron chi connectivity index (χ2n) is 43.3. The fourth-order valence-corrected chi connectivity index (χ4v) is 157. The predicted octanol–water partition coefficient (Wildman–Crippen LogP) is 21.9. The van der Waals surface area contributed by atoms with Crippen LogP contribution in [0.25, 0.3) is 0 Å². The third-order valence-corrected chi connectivity index (χ3v) is 119. The van der Waals surface area contributed by atoms with Crippen LogP contribution in [-0.4, -0.2) is 244 Å². The van der Waals surface area contributed by atoms with Gasteiger partial charge in [-0.1, -0.05) is 13.0 Å². The Morgan fingerprint density at radius 1 is 0.162 bits per heavy atom. The van der Waals surface area contributed by atoms with E-state index in [0.717, 1.165) is 18.9 Å². The van der Waals surface area contributed by atoms with Crippen LogP contribution >= 0.6 is 0 Å². The van der Waals surface area contributed by atoms with Crippen molar-refractivity contribution in [3.8, 4) is 0 Å². The molecule has 0 unspecified atom stereocenters. The molecule has 0 aliphatic heterocycles. The van der Waals surface area contributed by atoms with E-state index in [-0.39, 0.29) is 6.79 Å². The lowest BCUT2D eigenvalue weighted by atomic mass is 10.4. The summed E-state index contributed by atoms with van der Waals surface area (Å²) in [5.74, 6) is 0. The van der Waals surface area contributed by atoms with Gasteiger partial charge in [0.1, 0.15) is 0 Å². The largest absolute Gasteiger partial charge is 0.476 e. The lowest BCUT2D eigenvalue weighted by Gasteiger charge is -2.45. The number of unbranched alkanes of at least 4 members (excludes halogenated alkanes) is 1. The molecular formula is C62H178O28Si27. The summed E-state index contributed by atoms with van der Waals surface area (Å²) in [5.41, 5.74) is 0. The van der Waals surface area contributed by atoms with Gasteiger partial charge in [-0.05, 0) is 373 Å². The van der Waals surface area contributed by atoms with Gasteiger partial charge in [-0.15, -0.1) is 0 Å². The van der Waals surface area contributed by atoms with Gasteiger partial charge in [0.15, 0.2) is 23.4 Å². The monoisotopic (exact) mass is 2130 g/mol. The Labute approximate surface area is 745 Å². The molecule has 28 nitrogen and oxygen atoms in total. The zero-order chi connectivity index (χ0) is 93.5. The maximum Gasteiger partial charge on any atom is 0.314 e. The molecule has 0 rings (SSSR count). The third kappa shape index (κ3) is 58.1. The minimum atomic E-state index is -2.93. The predicted molar refractivity (Wildman–Crippen MR) is 542 cm³/mol. The molecule has 55 heteroatoms. The van der Waals surface area contributed by atoms with Crippen LogP contribution in [0.5, 0.6) is 0 Å². The zero-order valence-corrected chi connectivity index (χ0v) is 112. The van der Waals surface area contributed by atoms with Crippen LogP contribution in [0, 0.1) is 0 Å². The second-order valence-corrected chi connectivity index (χ2v) is 143.